The summed E-state index contributed by atoms with van der Waals surface area (Å²) in [5.41, 5.74) is 3.63. The summed E-state index contributed by atoms with van der Waals surface area (Å²) in [5, 5.41) is 3.43. The van der Waals surface area contributed by atoms with Gasteiger partial charge >= 0.3 is 0 Å². The number of benzene rings is 2. The first-order chi connectivity index (χ1) is 13.4. The Labute approximate surface area is 191 Å². The average molecular weight is 450 g/mol. The molecule has 1 atom stereocenters. The Bertz CT molecular complexity index is 839. The summed E-state index contributed by atoms with van der Waals surface area (Å²) in [4.78, 5) is 8.16. The maximum atomic E-state index is 5.69. The molecule has 1 N–H and O–H groups in total. The van der Waals surface area contributed by atoms with Crippen molar-refractivity contribution in [2.24, 2.45) is 5.92 Å². The highest BCUT2D eigenvalue weighted by atomic mass is 35.5. The molecule has 0 aromatic heterocycles. The minimum Gasteiger partial charge on any atom is -0.376 e. The van der Waals surface area contributed by atoms with Crippen molar-refractivity contribution >= 4 is 52.8 Å². The second kappa shape index (κ2) is 10.7. The van der Waals surface area contributed by atoms with E-state index in [-0.39, 0.29) is 12.4 Å². The van der Waals surface area contributed by atoms with Crippen molar-refractivity contribution in [3.05, 3.63) is 48.0 Å². The lowest BCUT2D eigenvalue weighted by Gasteiger charge is -2.38. The van der Waals surface area contributed by atoms with Crippen LogP contribution in [0.4, 0.5) is 11.4 Å². The van der Waals surface area contributed by atoms with E-state index in [2.05, 4.69) is 92.4 Å². The van der Waals surface area contributed by atoms with Gasteiger partial charge in [0.1, 0.15) is 4.99 Å². The molecule has 1 unspecified atom stereocenters. The van der Waals surface area contributed by atoms with Crippen LogP contribution in [-0.4, -0.2) is 43.1 Å². The van der Waals surface area contributed by atoms with Gasteiger partial charge in [0, 0.05) is 34.5 Å². The number of hydrogen-bond acceptors (Lipinski definition) is 4. The standard InChI is InChI=1S/C23H31N3S2.ClH/c1-16(2)12-13-24-23(27)18-10-11-22-20(14-18)26(17(3)15-25(4)5)19-8-6-7-9-21(19)28-22;/h6-11,14,16-17H,12-13,15H2,1-5H3,(H,24,27);1H. The van der Waals surface area contributed by atoms with Gasteiger partial charge in [-0.05, 0) is 57.6 Å². The second-order valence-electron chi connectivity index (χ2n) is 8.17. The van der Waals surface area contributed by atoms with Crippen LogP contribution in [0.1, 0.15) is 32.8 Å². The van der Waals surface area contributed by atoms with E-state index in [0.717, 1.165) is 30.1 Å². The molecule has 0 saturated heterocycles. The summed E-state index contributed by atoms with van der Waals surface area (Å²) in [6.45, 7) is 8.68. The van der Waals surface area contributed by atoms with Gasteiger partial charge in [-0.3, -0.25) is 0 Å². The van der Waals surface area contributed by atoms with E-state index in [0.29, 0.717) is 12.0 Å². The predicted octanol–water partition coefficient (Wildman–Crippen LogP) is 5.97. The molecule has 29 heavy (non-hydrogen) atoms. The smallest absolute Gasteiger partial charge is 0.106 e. The molecule has 0 fully saturated rings. The number of likely N-dealkylation sites (N-methyl/N-ethyl adjacent to an activating group) is 1. The summed E-state index contributed by atoms with van der Waals surface area (Å²) >= 11 is 7.53. The van der Waals surface area contributed by atoms with Gasteiger partial charge in [0.05, 0.1) is 11.4 Å². The molecule has 1 aliphatic heterocycles. The molecular formula is C23H32ClN3S2. The maximum absolute atomic E-state index is 5.69. The predicted molar refractivity (Wildman–Crippen MR) is 134 cm³/mol. The molecule has 0 bridgehead atoms. The SMILES string of the molecule is CC(C)CCNC(=S)c1ccc2c(c1)N(C(C)CN(C)C)c1ccccc1S2.Cl. The van der Waals surface area contributed by atoms with Crippen molar-refractivity contribution < 1.29 is 0 Å². The van der Waals surface area contributed by atoms with Crippen LogP contribution in [-0.2, 0) is 0 Å². The first-order valence-corrected chi connectivity index (χ1v) is 11.2. The maximum Gasteiger partial charge on any atom is 0.106 e. The Morgan fingerprint density at radius 1 is 1.07 bits per heavy atom. The Morgan fingerprint density at radius 2 is 1.76 bits per heavy atom. The van der Waals surface area contributed by atoms with Crippen LogP contribution in [0.3, 0.4) is 0 Å². The molecule has 1 aliphatic rings. The highest BCUT2D eigenvalue weighted by Crippen LogP contribution is 2.49. The molecular weight excluding hydrogens is 418 g/mol. The van der Waals surface area contributed by atoms with Crippen molar-refractivity contribution in [1.29, 1.82) is 0 Å². The first kappa shape index (κ1) is 24.0. The Hall–Kier alpha value is -1.27. The number of rotatable bonds is 7. The van der Waals surface area contributed by atoms with Crippen molar-refractivity contribution in [3.63, 3.8) is 0 Å². The zero-order chi connectivity index (χ0) is 20.3. The van der Waals surface area contributed by atoms with Gasteiger partial charge in [-0.15, -0.1) is 12.4 Å². The lowest BCUT2D eigenvalue weighted by molar-refractivity contribution is 0.380. The third-order valence-corrected chi connectivity index (χ3v) is 6.41. The largest absolute Gasteiger partial charge is 0.376 e. The summed E-state index contributed by atoms with van der Waals surface area (Å²) in [7, 11) is 4.26. The third-order valence-electron chi connectivity index (χ3n) is 4.90. The van der Waals surface area contributed by atoms with Crippen LogP contribution < -0.4 is 10.2 Å². The van der Waals surface area contributed by atoms with E-state index in [9.17, 15) is 0 Å². The van der Waals surface area contributed by atoms with E-state index in [4.69, 9.17) is 12.2 Å². The fourth-order valence-electron chi connectivity index (χ4n) is 3.59. The van der Waals surface area contributed by atoms with Crippen LogP contribution in [0.5, 0.6) is 0 Å². The van der Waals surface area contributed by atoms with E-state index in [1.807, 2.05) is 11.8 Å². The van der Waals surface area contributed by atoms with Crippen molar-refractivity contribution in [3.8, 4) is 0 Å². The number of nitrogens with one attached hydrogen (secondary N) is 1. The molecule has 0 radical (unpaired) electrons. The van der Waals surface area contributed by atoms with Crippen molar-refractivity contribution in [1.82, 2.24) is 10.2 Å². The topological polar surface area (TPSA) is 18.5 Å². The number of thiocarbonyl (C=S) groups is 1. The van der Waals surface area contributed by atoms with Crippen LogP contribution in [0.2, 0.25) is 0 Å². The Balaban J connectivity index is 0.00000300. The van der Waals surface area contributed by atoms with Crippen molar-refractivity contribution in [2.45, 2.75) is 43.0 Å². The van der Waals surface area contributed by atoms with E-state index in [1.54, 1.807) is 0 Å². The summed E-state index contributed by atoms with van der Waals surface area (Å²) in [6, 6.07) is 15.7. The Morgan fingerprint density at radius 3 is 2.45 bits per heavy atom. The zero-order valence-corrected chi connectivity index (χ0v) is 20.4. The number of nitrogens with zero attached hydrogens (tertiary/aromatic N) is 2. The normalized spacial score (nSPS) is 13.6. The quantitative estimate of drug-likeness (QED) is 0.523. The lowest BCUT2D eigenvalue weighted by Crippen LogP contribution is -2.38. The van der Waals surface area contributed by atoms with Gasteiger partial charge in [0.2, 0.25) is 0 Å². The zero-order valence-electron chi connectivity index (χ0n) is 17.9. The Kier molecular flexibility index (Phi) is 8.83. The highest BCUT2D eigenvalue weighted by molar-refractivity contribution is 7.99. The van der Waals surface area contributed by atoms with Crippen LogP contribution in [0, 0.1) is 5.92 Å². The van der Waals surface area contributed by atoms with Gasteiger partial charge in [-0.2, -0.15) is 0 Å². The molecule has 3 rings (SSSR count). The number of anilines is 2. The van der Waals surface area contributed by atoms with Crippen LogP contribution >= 0.6 is 36.4 Å². The highest BCUT2D eigenvalue weighted by Gasteiger charge is 2.27. The minimum absolute atomic E-state index is 0. The van der Waals surface area contributed by atoms with Gasteiger partial charge in [-0.1, -0.05) is 56.0 Å². The van der Waals surface area contributed by atoms with Crippen molar-refractivity contribution in [2.75, 3.05) is 32.1 Å². The van der Waals surface area contributed by atoms with Gasteiger partial charge in [0.15, 0.2) is 0 Å². The molecule has 158 valence electrons. The minimum atomic E-state index is 0. The molecule has 0 aliphatic carbocycles. The molecule has 3 nitrogen and oxygen atoms in total. The number of para-hydroxylation sites is 1. The third kappa shape index (κ3) is 5.88. The van der Waals surface area contributed by atoms with Crippen LogP contribution in [0.25, 0.3) is 0 Å². The van der Waals surface area contributed by atoms with E-state index >= 15 is 0 Å². The number of halogens is 1. The monoisotopic (exact) mass is 449 g/mol. The number of hydrogen-bond donors (Lipinski definition) is 1. The molecule has 0 saturated carbocycles. The summed E-state index contributed by atoms with van der Waals surface area (Å²) < 4.78 is 0. The van der Waals surface area contributed by atoms with E-state index < -0.39 is 0 Å². The average Bonchev–Trinajstić information content (AvgIpc) is 2.64. The van der Waals surface area contributed by atoms with Gasteiger partial charge in [0.25, 0.3) is 0 Å². The van der Waals surface area contributed by atoms with Gasteiger partial charge < -0.3 is 15.1 Å². The molecule has 0 spiro atoms. The second-order valence-corrected chi connectivity index (χ2v) is 9.66. The van der Waals surface area contributed by atoms with E-state index in [1.165, 1.54) is 21.2 Å². The molecule has 2 aromatic rings. The summed E-state index contributed by atoms with van der Waals surface area (Å²) in [5.74, 6) is 0.675. The van der Waals surface area contributed by atoms with Crippen LogP contribution in [0.15, 0.2) is 52.3 Å². The fourth-order valence-corrected chi connectivity index (χ4v) is 4.87. The first-order valence-electron chi connectivity index (χ1n) is 10.00. The molecule has 0 amide bonds. The fraction of sp³-hybridized carbons (Fsp3) is 0.435. The number of fused-ring (bicyclic) bond motifs is 2. The molecule has 2 aromatic carbocycles. The molecule has 1 heterocycles. The summed E-state index contributed by atoms with van der Waals surface area (Å²) in [6.07, 6.45) is 1.13. The lowest BCUT2D eigenvalue weighted by atomic mass is 10.1. The molecule has 6 heteroatoms. The van der Waals surface area contributed by atoms with Gasteiger partial charge in [-0.25, -0.2) is 0 Å².